The summed E-state index contributed by atoms with van der Waals surface area (Å²) in [6.07, 6.45) is 1.84. The van der Waals surface area contributed by atoms with Crippen molar-refractivity contribution in [3.63, 3.8) is 0 Å². The van der Waals surface area contributed by atoms with Crippen LogP contribution in [-0.4, -0.2) is 41.9 Å². The smallest absolute Gasteiger partial charge is 0.251 e. The lowest BCUT2D eigenvalue weighted by atomic mass is 10.0. The Morgan fingerprint density at radius 2 is 1.61 bits per heavy atom. The minimum absolute atomic E-state index is 0.129. The van der Waals surface area contributed by atoms with Gasteiger partial charge in [0.05, 0.1) is 0 Å². The van der Waals surface area contributed by atoms with E-state index in [2.05, 4.69) is 39.8 Å². The summed E-state index contributed by atoms with van der Waals surface area (Å²) in [5.74, 6) is -0.360. The van der Waals surface area contributed by atoms with Gasteiger partial charge in [-0.2, -0.15) is 0 Å². The van der Waals surface area contributed by atoms with Crippen LogP contribution in [0.1, 0.15) is 35.7 Å². The van der Waals surface area contributed by atoms with Crippen LogP contribution in [0.25, 0.3) is 10.8 Å². The molecule has 1 saturated heterocycles. The summed E-state index contributed by atoms with van der Waals surface area (Å²) in [6, 6.07) is 23.5. The molecule has 5 nitrogen and oxygen atoms in total. The molecule has 1 aliphatic heterocycles. The molecule has 2 N–H and O–H groups in total. The highest BCUT2D eigenvalue weighted by Crippen LogP contribution is 2.16. The van der Waals surface area contributed by atoms with Gasteiger partial charge in [-0.1, -0.05) is 60.7 Å². The third-order valence-corrected chi connectivity index (χ3v) is 5.94. The van der Waals surface area contributed by atoms with Crippen molar-refractivity contribution in [1.29, 1.82) is 0 Å². The van der Waals surface area contributed by atoms with E-state index in [0.717, 1.165) is 43.2 Å². The number of hydrogen-bond acceptors (Lipinski definition) is 3. The first-order valence-corrected chi connectivity index (χ1v) is 10.9. The second kappa shape index (κ2) is 9.75. The Kier molecular flexibility index (Phi) is 6.63. The number of rotatable bonds is 6. The molecule has 1 aliphatic rings. The molecule has 0 aromatic heterocycles. The standard InChI is InChI=1S/C26H29N3O2/c1-19(27-26(31)23-12-11-21-9-5-6-10-22(21)17-23)25(30)28-24-13-15-29(16-14-24)18-20-7-3-2-4-8-20/h2-12,17,19,24H,13-16,18H2,1H3,(H,27,31)(H,28,30). The monoisotopic (exact) mass is 415 g/mol. The van der Waals surface area contributed by atoms with Gasteiger partial charge in [0.25, 0.3) is 5.91 Å². The predicted octanol–water partition coefficient (Wildman–Crippen LogP) is 3.74. The lowest BCUT2D eigenvalue weighted by Crippen LogP contribution is -2.51. The highest BCUT2D eigenvalue weighted by Gasteiger charge is 2.24. The van der Waals surface area contributed by atoms with Crippen molar-refractivity contribution in [2.75, 3.05) is 13.1 Å². The van der Waals surface area contributed by atoms with Gasteiger partial charge < -0.3 is 10.6 Å². The van der Waals surface area contributed by atoms with Gasteiger partial charge in [-0.05, 0) is 48.2 Å². The van der Waals surface area contributed by atoms with E-state index in [1.807, 2.05) is 42.5 Å². The highest BCUT2D eigenvalue weighted by atomic mass is 16.2. The number of nitrogens with zero attached hydrogens (tertiary/aromatic N) is 1. The van der Waals surface area contributed by atoms with Crippen LogP contribution in [0.4, 0.5) is 0 Å². The van der Waals surface area contributed by atoms with Crippen LogP contribution in [0, 0.1) is 0 Å². The van der Waals surface area contributed by atoms with Crippen molar-refractivity contribution in [3.05, 3.63) is 83.9 Å². The molecule has 160 valence electrons. The number of carbonyl (C=O) groups excluding carboxylic acids is 2. The lowest BCUT2D eigenvalue weighted by molar-refractivity contribution is -0.123. The van der Waals surface area contributed by atoms with Gasteiger partial charge >= 0.3 is 0 Å². The van der Waals surface area contributed by atoms with Crippen LogP contribution in [0.3, 0.4) is 0 Å². The van der Waals surface area contributed by atoms with Gasteiger partial charge in [-0.3, -0.25) is 14.5 Å². The predicted molar refractivity (Wildman–Crippen MR) is 124 cm³/mol. The van der Waals surface area contributed by atoms with Crippen LogP contribution in [0.2, 0.25) is 0 Å². The van der Waals surface area contributed by atoms with Gasteiger partial charge in [0, 0.05) is 31.2 Å². The normalized spacial score (nSPS) is 16.0. The van der Waals surface area contributed by atoms with Gasteiger partial charge in [0.2, 0.25) is 5.91 Å². The molecule has 1 unspecified atom stereocenters. The van der Waals surface area contributed by atoms with Crippen molar-refractivity contribution in [2.24, 2.45) is 0 Å². The topological polar surface area (TPSA) is 61.4 Å². The third kappa shape index (κ3) is 5.50. The van der Waals surface area contributed by atoms with Crippen molar-refractivity contribution < 1.29 is 9.59 Å². The maximum absolute atomic E-state index is 12.6. The molecule has 4 rings (SSSR count). The Labute approximate surface area is 183 Å². The van der Waals surface area contributed by atoms with Crippen LogP contribution in [0.5, 0.6) is 0 Å². The van der Waals surface area contributed by atoms with E-state index in [0.29, 0.717) is 5.56 Å². The Morgan fingerprint density at radius 1 is 0.935 bits per heavy atom. The Bertz CT molecular complexity index is 1040. The number of likely N-dealkylation sites (tertiary alicyclic amines) is 1. The zero-order valence-electron chi connectivity index (χ0n) is 17.9. The number of fused-ring (bicyclic) bond motifs is 1. The molecule has 3 aromatic carbocycles. The number of nitrogens with one attached hydrogen (secondary N) is 2. The molecule has 0 aliphatic carbocycles. The summed E-state index contributed by atoms with van der Waals surface area (Å²) in [7, 11) is 0. The lowest BCUT2D eigenvalue weighted by Gasteiger charge is -2.33. The summed E-state index contributed by atoms with van der Waals surface area (Å²) in [6.45, 7) is 4.59. The number of carbonyl (C=O) groups is 2. The molecule has 3 aromatic rings. The van der Waals surface area contributed by atoms with Crippen molar-refractivity contribution in [2.45, 2.75) is 38.4 Å². The van der Waals surface area contributed by atoms with Gasteiger partial charge in [0.15, 0.2) is 0 Å². The largest absolute Gasteiger partial charge is 0.351 e. The molecule has 0 radical (unpaired) electrons. The summed E-state index contributed by atoms with van der Waals surface area (Å²) in [4.78, 5) is 27.7. The summed E-state index contributed by atoms with van der Waals surface area (Å²) >= 11 is 0. The van der Waals surface area contributed by atoms with Crippen molar-refractivity contribution >= 4 is 22.6 Å². The Morgan fingerprint density at radius 3 is 2.35 bits per heavy atom. The fraction of sp³-hybridized carbons (Fsp3) is 0.308. The Balaban J connectivity index is 1.25. The van der Waals surface area contributed by atoms with Crippen LogP contribution >= 0.6 is 0 Å². The number of amides is 2. The highest BCUT2D eigenvalue weighted by molar-refractivity contribution is 6.00. The van der Waals surface area contributed by atoms with Crippen LogP contribution in [0.15, 0.2) is 72.8 Å². The van der Waals surface area contributed by atoms with E-state index in [1.54, 1.807) is 13.0 Å². The van der Waals surface area contributed by atoms with Gasteiger partial charge in [-0.15, -0.1) is 0 Å². The van der Waals surface area contributed by atoms with Crippen molar-refractivity contribution in [3.8, 4) is 0 Å². The van der Waals surface area contributed by atoms with E-state index >= 15 is 0 Å². The maximum Gasteiger partial charge on any atom is 0.251 e. The van der Waals surface area contributed by atoms with E-state index in [4.69, 9.17) is 0 Å². The molecule has 0 saturated carbocycles. The van der Waals surface area contributed by atoms with E-state index in [1.165, 1.54) is 5.56 Å². The molecule has 31 heavy (non-hydrogen) atoms. The number of hydrogen-bond donors (Lipinski definition) is 2. The first kappa shape index (κ1) is 21.1. The molecule has 0 bridgehead atoms. The molecule has 1 atom stereocenters. The molecular formula is C26H29N3O2. The molecule has 1 fully saturated rings. The minimum Gasteiger partial charge on any atom is -0.351 e. The fourth-order valence-electron chi connectivity index (χ4n) is 4.08. The maximum atomic E-state index is 12.6. The van der Waals surface area contributed by atoms with Gasteiger partial charge in [0.1, 0.15) is 6.04 Å². The fourth-order valence-corrected chi connectivity index (χ4v) is 4.08. The SMILES string of the molecule is CC(NC(=O)c1ccc2ccccc2c1)C(=O)NC1CCN(Cc2ccccc2)CC1. The number of piperidine rings is 1. The average molecular weight is 416 g/mol. The second-order valence-corrected chi connectivity index (χ2v) is 8.30. The van der Waals surface area contributed by atoms with Crippen LogP contribution < -0.4 is 10.6 Å². The van der Waals surface area contributed by atoms with E-state index < -0.39 is 6.04 Å². The summed E-state index contributed by atoms with van der Waals surface area (Å²) in [5, 5.41) is 8.03. The minimum atomic E-state index is -0.582. The zero-order chi connectivity index (χ0) is 21.6. The van der Waals surface area contributed by atoms with Crippen LogP contribution in [-0.2, 0) is 11.3 Å². The molecule has 2 amide bonds. The second-order valence-electron chi connectivity index (χ2n) is 8.30. The summed E-state index contributed by atoms with van der Waals surface area (Å²) < 4.78 is 0. The number of benzene rings is 3. The van der Waals surface area contributed by atoms with Gasteiger partial charge in [-0.25, -0.2) is 0 Å². The molecule has 1 heterocycles. The van der Waals surface area contributed by atoms with E-state index in [9.17, 15) is 9.59 Å². The third-order valence-electron chi connectivity index (χ3n) is 5.94. The molecule has 5 heteroatoms. The average Bonchev–Trinajstić information content (AvgIpc) is 2.80. The first-order valence-electron chi connectivity index (χ1n) is 10.9. The first-order chi connectivity index (χ1) is 15.1. The zero-order valence-corrected chi connectivity index (χ0v) is 17.9. The Hall–Kier alpha value is -3.18. The van der Waals surface area contributed by atoms with E-state index in [-0.39, 0.29) is 17.9 Å². The summed E-state index contributed by atoms with van der Waals surface area (Å²) in [5.41, 5.74) is 1.88. The molecule has 0 spiro atoms. The quantitative estimate of drug-likeness (QED) is 0.645. The molecular weight excluding hydrogens is 386 g/mol. The van der Waals surface area contributed by atoms with Crippen molar-refractivity contribution in [1.82, 2.24) is 15.5 Å².